The van der Waals surface area contributed by atoms with Gasteiger partial charge >= 0.3 is 0 Å². The molecule has 5 heteroatoms. The lowest BCUT2D eigenvalue weighted by Gasteiger charge is -2.08. The molecule has 2 aromatic carbocycles. The van der Waals surface area contributed by atoms with Gasteiger partial charge in [-0.15, -0.1) is 0 Å². The monoisotopic (exact) mass is 341 g/mol. The number of ketones is 1. The number of aromatic hydroxyl groups is 1. The van der Waals surface area contributed by atoms with Crippen molar-refractivity contribution in [2.45, 2.75) is 26.2 Å². The van der Waals surface area contributed by atoms with Crippen LogP contribution in [-0.4, -0.2) is 35.1 Å². The molecule has 0 aliphatic heterocycles. The number of hydrogen-bond acceptors (Lipinski definition) is 4. The highest BCUT2D eigenvalue weighted by Gasteiger charge is 2.10. The standard InChI is InChI=1S/C20H23NO4/c1-2-14-13-17(7-8-18(14)23)15-3-5-16(6-4-15)19(24)9-10-20(25)21-11-12-22/h3-8,13,22-23H,2,9-12H2,1H3,(H,21,25). The number of aliphatic hydroxyl groups is 1. The van der Waals surface area contributed by atoms with Crippen molar-refractivity contribution in [2.75, 3.05) is 13.2 Å². The van der Waals surface area contributed by atoms with Gasteiger partial charge in [-0.25, -0.2) is 0 Å². The Hall–Kier alpha value is -2.66. The van der Waals surface area contributed by atoms with Crippen molar-refractivity contribution in [1.29, 1.82) is 0 Å². The normalized spacial score (nSPS) is 10.5. The number of nitrogens with one attached hydrogen (secondary N) is 1. The van der Waals surface area contributed by atoms with E-state index < -0.39 is 0 Å². The number of phenolic OH excluding ortho intramolecular Hbond substituents is 1. The van der Waals surface area contributed by atoms with Crippen molar-refractivity contribution in [2.24, 2.45) is 0 Å². The lowest BCUT2D eigenvalue weighted by atomic mass is 9.98. The van der Waals surface area contributed by atoms with Crippen LogP contribution < -0.4 is 5.32 Å². The summed E-state index contributed by atoms with van der Waals surface area (Å²) in [6.07, 6.45) is 0.989. The molecule has 0 bridgehead atoms. The molecule has 2 aromatic rings. The van der Waals surface area contributed by atoms with E-state index in [2.05, 4.69) is 5.32 Å². The molecule has 0 radical (unpaired) electrons. The number of phenols is 1. The van der Waals surface area contributed by atoms with Gasteiger partial charge in [-0.2, -0.15) is 0 Å². The molecule has 0 heterocycles. The highest BCUT2D eigenvalue weighted by atomic mass is 16.3. The van der Waals surface area contributed by atoms with Crippen LogP contribution in [-0.2, 0) is 11.2 Å². The number of rotatable bonds is 8. The van der Waals surface area contributed by atoms with Gasteiger partial charge in [-0.05, 0) is 35.2 Å². The molecular formula is C20H23NO4. The Bertz CT molecular complexity index is 738. The lowest BCUT2D eigenvalue weighted by molar-refractivity contribution is -0.121. The van der Waals surface area contributed by atoms with Gasteiger partial charge in [0.1, 0.15) is 5.75 Å². The van der Waals surface area contributed by atoms with E-state index in [1.54, 1.807) is 18.2 Å². The van der Waals surface area contributed by atoms with Gasteiger partial charge in [-0.1, -0.05) is 37.3 Å². The first-order valence-electron chi connectivity index (χ1n) is 8.38. The first-order chi connectivity index (χ1) is 12.0. The largest absolute Gasteiger partial charge is 0.508 e. The molecule has 0 atom stereocenters. The second-order valence-corrected chi connectivity index (χ2v) is 5.77. The van der Waals surface area contributed by atoms with Gasteiger partial charge in [0.2, 0.25) is 5.91 Å². The van der Waals surface area contributed by atoms with Crippen LogP contribution in [0.4, 0.5) is 0 Å². The number of aliphatic hydroxyl groups excluding tert-OH is 1. The lowest BCUT2D eigenvalue weighted by Crippen LogP contribution is -2.26. The Labute approximate surface area is 147 Å². The van der Waals surface area contributed by atoms with Crippen molar-refractivity contribution >= 4 is 11.7 Å². The molecule has 25 heavy (non-hydrogen) atoms. The summed E-state index contributed by atoms with van der Waals surface area (Å²) in [6.45, 7) is 2.07. The Morgan fingerprint density at radius 2 is 1.68 bits per heavy atom. The highest BCUT2D eigenvalue weighted by Crippen LogP contribution is 2.26. The SMILES string of the molecule is CCc1cc(-c2ccc(C(=O)CCC(=O)NCCO)cc2)ccc1O. The van der Waals surface area contributed by atoms with Gasteiger partial charge in [0.25, 0.3) is 0 Å². The van der Waals surface area contributed by atoms with E-state index in [0.717, 1.165) is 23.1 Å². The van der Waals surface area contributed by atoms with Gasteiger partial charge in [0.15, 0.2) is 5.78 Å². The first-order valence-corrected chi connectivity index (χ1v) is 8.38. The third-order valence-electron chi connectivity index (χ3n) is 4.01. The predicted octanol–water partition coefficient (Wildman–Crippen LogP) is 2.69. The molecule has 1 amide bonds. The summed E-state index contributed by atoms with van der Waals surface area (Å²) < 4.78 is 0. The van der Waals surface area contributed by atoms with Crippen LogP contribution in [0.1, 0.15) is 35.7 Å². The summed E-state index contributed by atoms with van der Waals surface area (Å²) in [5.41, 5.74) is 3.39. The molecule has 0 fully saturated rings. The maximum Gasteiger partial charge on any atom is 0.220 e. The third-order valence-corrected chi connectivity index (χ3v) is 4.01. The molecule has 0 aliphatic carbocycles. The minimum Gasteiger partial charge on any atom is -0.508 e. The van der Waals surface area contributed by atoms with Crippen molar-refractivity contribution < 1.29 is 19.8 Å². The zero-order valence-corrected chi connectivity index (χ0v) is 14.3. The Kier molecular flexibility index (Phi) is 6.71. The van der Waals surface area contributed by atoms with Crippen LogP contribution in [0.25, 0.3) is 11.1 Å². The smallest absolute Gasteiger partial charge is 0.220 e. The van der Waals surface area contributed by atoms with Crippen LogP contribution in [0.3, 0.4) is 0 Å². The second kappa shape index (κ2) is 8.99. The average molecular weight is 341 g/mol. The molecule has 132 valence electrons. The second-order valence-electron chi connectivity index (χ2n) is 5.77. The number of benzene rings is 2. The van der Waals surface area contributed by atoms with Crippen molar-refractivity contribution in [3.8, 4) is 16.9 Å². The van der Waals surface area contributed by atoms with Gasteiger partial charge in [0, 0.05) is 24.9 Å². The van der Waals surface area contributed by atoms with E-state index in [1.165, 1.54) is 0 Å². The molecule has 0 spiro atoms. The molecule has 0 unspecified atom stereocenters. The molecule has 0 aliphatic rings. The van der Waals surface area contributed by atoms with E-state index in [9.17, 15) is 14.7 Å². The first kappa shape index (κ1) is 18.7. The van der Waals surface area contributed by atoms with Gasteiger partial charge in [0.05, 0.1) is 6.61 Å². The maximum absolute atomic E-state index is 12.2. The molecule has 0 aromatic heterocycles. The zero-order chi connectivity index (χ0) is 18.2. The number of hydrogen-bond donors (Lipinski definition) is 3. The quantitative estimate of drug-likeness (QED) is 0.644. The summed E-state index contributed by atoms with van der Waals surface area (Å²) in [6, 6.07) is 12.7. The van der Waals surface area contributed by atoms with E-state index in [1.807, 2.05) is 31.2 Å². The summed E-state index contributed by atoms with van der Waals surface area (Å²) in [5, 5.41) is 20.9. The van der Waals surface area contributed by atoms with Crippen LogP contribution >= 0.6 is 0 Å². The minimum absolute atomic E-state index is 0.0920. The summed E-state index contributed by atoms with van der Waals surface area (Å²) in [5.74, 6) is -0.0432. The van der Waals surface area contributed by atoms with E-state index in [0.29, 0.717) is 5.56 Å². The topological polar surface area (TPSA) is 86.6 Å². The number of aryl methyl sites for hydroxylation is 1. The third kappa shape index (κ3) is 5.16. The average Bonchev–Trinajstić information content (AvgIpc) is 2.65. The van der Waals surface area contributed by atoms with Gasteiger partial charge in [-0.3, -0.25) is 9.59 Å². The molecule has 3 N–H and O–H groups in total. The molecule has 0 saturated carbocycles. The fraction of sp³-hybridized carbons (Fsp3) is 0.300. The van der Waals surface area contributed by atoms with Crippen LogP contribution in [0.2, 0.25) is 0 Å². The summed E-state index contributed by atoms with van der Waals surface area (Å²) >= 11 is 0. The molecule has 2 rings (SSSR count). The number of carbonyl (C=O) groups excluding carboxylic acids is 2. The van der Waals surface area contributed by atoms with Crippen molar-refractivity contribution in [3.05, 3.63) is 53.6 Å². The predicted molar refractivity (Wildman–Crippen MR) is 96.6 cm³/mol. The Morgan fingerprint density at radius 3 is 2.32 bits per heavy atom. The fourth-order valence-corrected chi connectivity index (χ4v) is 2.55. The van der Waals surface area contributed by atoms with Crippen LogP contribution in [0.15, 0.2) is 42.5 Å². The van der Waals surface area contributed by atoms with E-state index in [4.69, 9.17) is 5.11 Å². The van der Waals surface area contributed by atoms with Crippen LogP contribution in [0.5, 0.6) is 5.75 Å². The van der Waals surface area contributed by atoms with Gasteiger partial charge < -0.3 is 15.5 Å². The molecule has 0 saturated heterocycles. The summed E-state index contributed by atoms with van der Waals surface area (Å²) in [7, 11) is 0. The Balaban J connectivity index is 2.02. The minimum atomic E-state index is -0.241. The van der Waals surface area contributed by atoms with Crippen molar-refractivity contribution in [3.63, 3.8) is 0 Å². The molecular weight excluding hydrogens is 318 g/mol. The van der Waals surface area contributed by atoms with E-state index >= 15 is 0 Å². The van der Waals surface area contributed by atoms with E-state index in [-0.39, 0.29) is 43.4 Å². The number of amides is 1. The van der Waals surface area contributed by atoms with Crippen molar-refractivity contribution in [1.82, 2.24) is 5.32 Å². The number of carbonyl (C=O) groups is 2. The zero-order valence-electron chi connectivity index (χ0n) is 14.3. The Morgan fingerprint density at radius 1 is 1.00 bits per heavy atom. The summed E-state index contributed by atoms with van der Waals surface area (Å²) in [4.78, 5) is 23.6. The fourth-order valence-electron chi connectivity index (χ4n) is 2.55. The maximum atomic E-state index is 12.2. The molecule has 5 nitrogen and oxygen atoms in total. The van der Waals surface area contributed by atoms with Crippen LogP contribution in [0, 0.1) is 0 Å². The number of Topliss-reactive ketones (excluding diaryl/α,β-unsaturated/α-hetero) is 1. The highest BCUT2D eigenvalue weighted by molar-refractivity contribution is 5.98.